The number of rotatable bonds is 5. The Bertz CT molecular complexity index is 730. The molecule has 0 bridgehead atoms. The zero-order valence-electron chi connectivity index (χ0n) is 16.8. The minimum atomic E-state index is 0.0401. The second-order valence-corrected chi connectivity index (χ2v) is 8.75. The number of hydrogen-bond donors (Lipinski definition) is 0. The number of anilines is 1. The first-order valence-electron chi connectivity index (χ1n) is 9.90. The highest BCUT2D eigenvalue weighted by Gasteiger charge is 2.54. The molecule has 0 N–H and O–H groups in total. The summed E-state index contributed by atoms with van der Waals surface area (Å²) in [5.41, 5.74) is 5.79. The quantitative estimate of drug-likeness (QED) is 0.554. The van der Waals surface area contributed by atoms with Gasteiger partial charge in [-0.2, -0.15) is 0 Å². The molecule has 1 saturated heterocycles. The Kier molecular flexibility index (Phi) is 5.40. The Morgan fingerprint density at radius 1 is 0.923 bits per heavy atom. The smallest absolute Gasteiger partial charge is 0.0525 e. The van der Waals surface area contributed by atoms with Gasteiger partial charge in [-0.3, -0.25) is 0 Å². The third kappa shape index (κ3) is 3.05. The van der Waals surface area contributed by atoms with Crippen LogP contribution >= 0.6 is 11.6 Å². The van der Waals surface area contributed by atoms with Gasteiger partial charge in [-0.25, -0.2) is 0 Å². The van der Waals surface area contributed by atoms with Crippen LogP contribution < -0.4 is 4.90 Å². The molecule has 2 heteroatoms. The third-order valence-corrected chi connectivity index (χ3v) is 6.58. The molecule has 26 heavy (non-hydrogen) atoms. The maximum Gasteiger partial charge on any atom is 0.0525 e. The van der Waals surface area contributed by atoms with Crippen LogP contribution in [-0.4, -0.2) is 17.5 Å². The van der Waals surface area contributed by atoms with Gasteiger partial charge in [0.25, 0.3) is 0 Å². The molecule has 1 aliphatic rings. The van der Waals surface area contributed by atoms with E-state index in [4.69, 9.17) is 11.6 Å². The zero-order valence-corrected chi connectivity index (χ0v) is 17.6. The summed E-state index contributed by atoms with van der Waals surface area (Å²) in [6.45, 7) is 11.7. The van der Waals surface area contributed by atoms with Gasteiger partial charge in [0, 0.05) is 22.5 Å². The highest BCUT2D eigenvalue weighted by Crippen LogP contribution is 2.51. The van der Waals surface area contributed by atoms with Crippen molar-refractivity contribution in [1.82, 2.24) is 0 Å². The number of aryl methyl sites for hydroxylation is 2. The molecule has 1 heterocycles. The minimum absolute atomic E-state index is 0.0401. The van der Waals surface area contributed by atoms with E-state index in [9.17, 15) is 0 Å². The molecular weight excluding hydrogens is 338 g/mol. The summed E-state index contributed by atoms with van der Waals surface area (Å²) in [6.07, 6.45) is 3.20. The van der Waals surface area contributed by atoms with E-state index in [2.05, 4.69) is 88.0 Å². The van der Waals surface area contributed by atoms with Crippen molar-refractivity contribution >= 4 is 17.3 Å². The van der Waals surface area contributed by atoms with Crippen LogP contribution in [0, 0.1) is 0 Å². The Hall–Kier alpha value is -1.47. The van der Waals surface area contributed by atoms with Crippen molar-refractivity contribution < 1.29 is 0 Å². The van der Waals surface area contributed by atoms with Crippen molar-refractivity contribution in [3.05, 3.63) is 65.2 Å². The standard InChI is InChI=1S/C24H32ClN/c1-6-18-12-11-13-19(7-2)22(18)26-21(16-25)24(5,17-23(26,3)4)20-14-9-8-10-15-20/h8-15,21H,6-7,16-17H2,1-5H3. The molecule has 2 atom stereocenters. The normalized spacial score (nSPS) is 24.8. The Morgan fingerprint density at radius 2 is 1.50 bits per heavy atom. The first-order valence-corrected chi connectivity index (χ1v) is 10.4. The van der Waals surface area contributed by atoms with Gasteiger partial charge in [0.2, 0.25) is 0 Å². The van der Waals surface area contributed by atoms with E-state index in [1.54, 1.807) is 0 Å². The molecule has 0 saturated carbocycles. The minimum Gasteiger partial charge on any atom is -0.361 e. The Morgan fingerprint density at radius 3 is 2.00 bits per heavy atom. The number of para-hydroxylation sites is 1. The lowest BCUT2D eigenvalue weighted by Gasteiger charge is -2.41. The van der Waals surface area contributed by atoms with E-state index >= 15 is 0 Å². The molecular formula is C24H32ClN. The molecule has 0 aromatic heterocycles. The van der Waals surface area contributed by atoms with E-state index in [-0.39, 0.29) is 17.0 Å². The van der Waals surface area contributed by atoms with E-state index in [1.807, 2.05) is 0 Å². The van der Waals surface area contributed by atoms with E-state index in [1.165, 1.54) is 22.4 Å². The molecule has 1 aliphatic heterocycles. The fraction of sp³-hybridized carbons (Fsp3) is 0.500. The molecule has 0 radical (unpaired) electrons. The van der Waals surface area contributed by atoms with Gasteiger partial charge in [-0.15, -0.1) is 11.6 Å². The van der Waals surface area contributed by atoms with E-state index in [0.29, 0.717) is 5.88 Å². The van der Waals surface area contributed by atoms with Gasteiger partial charge in [0.05, 0.1) is 6.04 Å². The highest BCUT2D eigenvalue weighted by molar-refractivity contribution is 6.18. The van der Waals surface area contributed by atoms with Crippen LogP contribution in [0.25, 0.3) is 0 Å². The second-order valence-electron chi connectivity index (χ2n) is 8.44. The van der Waals surface area contributed by atoms with Gasteiger partial charge in [-0.1, -0.05) is 69.3 Å². The highest BCUT2D eigenvalue weighted by atomic mass is 35.5. The number of benzene rings is 2. The van der Waals surface area contributed by atoms with Crippen LogP contribution in [0.2, 0.25) is 0 Å². The van der Waals surface area contributed by atoms with Gasteiger partial charge >= 0.3 is 0 Å². The Labute approximate surface area is 164 Å². The second kappa shape index (κ2) is 7.27. The average Bonchev–Trinajstić information content (AvgIpc) is 2.87. The largest absolute Gasteiger partial charge is 0.361 e. The van der Waals surface area contributed by atoms with Gasteiger partial charge in [0.15, 0.2) is 0 Å². The van der Waals surface area contributed by atoms with Crippen LogP contribution in [0.3, 0.4) is 0 Å². The molecule has 1 nitrogen and oxygen atoms in total. The fourth-order valence-electron chi connectivity index (χ4n) is 5.14. The molecule has 0 amide bonds. The van der Waals surface area contributed by atoms with Crippen molar-refractivity contribution in [2.75, 3.05) is 10.8 Å². The summed E-state index contributed by atoms with van der Waals surface area (Å²) in [5, 5.41) is 0. The molecule has 1 fully saturated rings. The van der Waals surface area contributed by atoms with Crippen LogP contribution in [0.4, 0.5) is 5.69 Å². The summed E-state index contributed by atoms with van der Waals surface area (Å²) in [6, 6.07) is 18.0. The lowest BCUT2D eigenvalue weighted by atomic mass is 9.74. The summed E-state index contributed by atoms with van der Waals surface area (Å²) < 4.78 is 0. The maximum absolute atomic E-state index is 6.66. The number of nitrogens with zero attached hydrogens (tertiary/aromatic N) is 1. The van der Waals surface area contributed by atoms with Crippen LogP contribution in [0.5, 0.6) is 0 Å². The molecule has 0 spiro atoms. The number of hydrogen-bond acceptors (Lipinski definition) is 1. The average molecular weight is 370 g/mol. The third-order valence-electron chi connectivity index (χ3n) is 6.28. The fourth-order valence-corrected chi connectivity index (χ4v) is 5.62. The van der Waals surface area contributed by atoms with Crippen molar-refractivity contribution in [2.24, 2.45) is 0 Å². The first kappa shape index (κ1) is 19.3. The predicted octanol–water partition coefficient (Wildman–Crippen LogP) is 6.37. The SMILES string of the molecule is CCc1cccc(CC)c1N1C(CCl)C(C)(c2ccccc2)CC1(C)C. The van der Waals surface area contributed by atoms with E-state index < -0.39 is 0 Å². The van der Waals surface area contributed by atoms with Crippen molar-refractivity contribution in [2.45, 2.75) is 70.9 Å². The predicted molar refractivity (Wildman–Crippen MR) is 115 cm³/mol. The van der Waals surface area contributed by atoms with Crippen LogP contribution in [0.1, 0.15) is 57.7 Å². The summed E-state index contributed by atoms with van der Waals surface area (Å²) >= 11 is 6.66. The van der Waals surface area contributed by atoms with Crippen LogP contribution in [0.15, 0.2) is 48.5 Å². The monoisotopic (exact) mass is 369 g/mol. The molecule has 2 unspecified atom stereocenters. The lowest BCUT2D eigenvalue weighted by molar-refractivity contribution is 0.422. The number of alkyl halides is 1. The van der Waals surface area contributed by atoms with Gasteiger partial charge < -0.3 is 4.90 Å². The topological polar surface area (TPSA) is 3.24 Å². The summed E-state index contributed by atoms with van der Waals surface area (Å²) in [4.78, 5) is 2.66. The molecule has 0 aliphatic carbocycles. The van der Waals surface area contributed by atoms with Gasteiger partial charge in [0.1, 0.15) is 0 Å². The lowest BCUT2D eigenvalue weighted by Crippen LogP contribution is -2.48. The number of halogens is 1. The molecule has 2 aromatic rings. The van der Waals surface area contributed by atoms with E-state index in [0.717, 1.165) is 19.3 Å². The molecule has 2 aromatic carbocycles. The van der Waals surface area contributed by atoms with Crippen LogP contribution in [-0.2, 0) is 18.3 Å². The van der Waals surface area contributed by atoms with Crippen molar-refractivity contribution in [1.29, 1.82) is 0 Å². The first-order chi connectivity index (χ1) is 12.4. The van der Waals surface area contributed by atoms with Gasteiger partial charge in [-0.05, 0) is 49.8 Å². The summed E-state index contributed by atoms with van der Waals surface area (Å²) in [7, 11) is 0. The maximum atomic E-state index is 6.66. The summed E-state index contributed by atoms with van der Waals surface area (Å²) in [5.74, 6) is 0.635. The molecule has 140 valence electrons. The molecule has 3 rings (SSSR count). The van der Waals surface area contributed by atoms with Crippen molar-refractivity contribution in [3.8, 4) is 0 Å². The zero-order chi connectivity index (χ0) is 18.9. The van der Waals surface area contributed by atoms with Crippen molar-refractivity contribution in [3.63, 3.8) is 0 Å². The Balaban J connectivity index is 2.19.